The molecular formula is C15H25NO. The van der Waals surface area contributed by atoms with Gasteiger partial charge in [-0.05, 0) is 67.5 Å². The van der Waals surface area contributed by atoms with Gasteiger partial charge in [0.15, 0.2) is 0 Å². The van der Waals surface area contributed by atoms with E-state index in [9.17, 15) is 0 Å². The van der Waals surface area contributed by atoms with Gasteiger partial charge in [-0.3, -0.25) is 0 Å². The van der Waals surface area contributed by atoms with Crippen molar-refractivity contribution in [2.24, 2.45) is 5.73 Å². The molecule has 0 saturated carbocycles. The first kappa shape index (κ1) is 14.0. The maximum Gasteiger partial charge on any atom is 0.122 e. The van der Waals surface area contributed by atoms with Crippen LogP contribution in [0.2, 0.25) is 0 Å². The molecule has 0 aromatic heterocycles. The Kier molecular flexibility index (Phi) is 4.21. The monoisotopic (exact) mass is 235 g/mol. The SMILES string of the molecule is COc1cc(C)c(C(C)(C)CCN)c(C)c1C. The average Bonchev–Trinajstić information content (AvgIpc) is 2.23. The number of rotatable bonds is 4. The van der Waals surface area contributed by atoms with Gasteiger partial charge < -0.3 is 10.5 Å². The number of benzene rings is 1. The molecule has 0 saturated heterocycles. The van der Waals surface area contributed by atoms with Gasteiger partial charge in [0.25, 0.3) is 0 Å². The summed E-state index contributed by atoms with van der Waals surface area (Å²) < 4.78 is 5.41. The molecular weight excluding hydrogens is 210 g/mol. The predicted octanol–water partition coefficient (Wildman–Crippen LogP) is 3.25. The molecule has 0 unspecified atom stereocenters. The van der Waals surface area contributed by atoms with Gasteiger partial charge >= 0.3 is 0 Å². The first-order valence-corrected chi connectivity index (χ1v) is 6.20. The summed E-state index contributed by atoms with van der Waals surface area (Å²) in [6, 6.07) is 2.13. The van der Waals surface area contributed by atoms with E-state index in [2.05, 4.69) is 40.7 Å². The van der Waals surface area contributed by atoms with Gasteiger partial charge in [-0.25, -0.2) is 0 Å². The van der Waals surface area contributed by atoms with E-state index in [1.54, 1.807) is 7.11 Å². The Morgan fingerprint density at radius 3 is 2.24 bits per heavy atom. The zero-order chi connectivity index (χ0) is 13.2. The molecule has 2 nitrogen and oxygen atoms in total. The third kappa shape index (κ3) is 2.63. The lowest BCUT2D eigenvalue weighted by atomic mass is 9.76. The molecule has 17 heavy (non-hydrogen) atoms. The topological polar surface area (TPSA) is 35.2 Å². The Bertz CT molecular complexity index is 408. The Balaban J connectivity index is 3.40. The minimum Gasteiger partial charge on any atom is -0.496 e. The van der Waals surface area contributed by atoms with Crippen LogP contribution in [-0.4, -0.2) is 13.7 Å². The summed E-state index contributed by atoms with van der Waals surface area (Å²) in [6.45, 7) is 11.7. The Labute approximate surface area is 105 Å². The largest absolute Gasteiger partial charge is 0.496 e. The summed E-state index contributed by atoms with van der Waals surface area (Å²) in [5.41, 5.74) is 11.1. The second-order valence-corrected chi connectivity index (χ2v) is 5.44. The van der Waals surface area contributed by atoms with E-state index in [1.165, 1.54) is 22.3 Å². The summed E-state index contributed by atoms with van der Waals surface area (Å²) in [5, 5.41) is 0. The average molecular weight is 235 g/mol. The summed E-state index contributed by atoms with van der Waals surface area (Å²) in [4.78, 5) is 0. The predicted molar refractivity (Wildman–Crippen MR) is 73.9 cm³/mol. The van der Waals surface area contributed by atoms with Gasteiger partial charge in [0.1, 0.15) is 5.75 Å². The summed E-state index contributed by atoms with van der Waals surface area (Å²) in [7, 11) is 1.73. The number of nitrogens with two attached hydrogens (primary N) is 1. The van der Waals surface area contributed by atoms with E-state index in [-0.39, 0.29) is 5.41 Å². The molecule has 0 radical (unpaired) electrons. The molecule has 2 N–H and O–H groups in total. The van der Waals surface area contributed by atoms with Gasteiger partial charge in [-0.2, -0.15) is 0 Å². The molecule has 0 fully saturated rings. The van der Waals surface area contributed by atoms with Crippen molar-refractivity contribution in [2.75, 3.05) is 13.7 Å². The first-order valence-electron chi connectivity index (χ1n) is 6.20. The zero-order valence-electron chi connectivity index (χ0n) is 12.0. The van der Waals surface area contributed by atoms with Crippen molar-refractivity contribution >= 4 is 0 Å². The van der Waals surface area contributed by atoms with E-state index in [4.69, 9.17) is 10.5 Å². The molecule has 0 amide bonds. The highest BCUT2D eigenvalue weighted by Gasteiger charge is 2.25. The smallest absolute Gasteiger partial charge is 0.122 e. The van der Waals surface area contributed by atoms with Gasteiger partial charge in [0, 0.05) is 0 Å². The van der Waals surface area contributed by atoms with Crippen molar-refractivity contribution in [3.63, 3.8) is 0 Å². The Hall–Kier alpha value is -1.02. The van der Waals surface area contributed by atoms with E-state index in [0.717, 1.165) is 18.7 Å². The molecule has 0 aliphatic rings. The van der Waals surface area contributed by atoms with Crippen LogP contribution in [0.25, 0.3) is 0 Å². The minimum atomic E-state index is 0.125. The van der Waals surface area contributed by atoms with E-state index in [1.807, 2.05) is 0 Å². The first-order chi connectivity index (χ1) is 7.85. The highest BCUT2D eigenvalue weighted by molar-refractivity contribution is 5.50. The molecule has 1 aromatic rings. The molecule has 0 aliphatic heterocycles. The number of ether oxygens (including phenoxy) is 1. The Morgan fingerprint density at radius 2 is 1.76 bits per heavy atom. The fourth-order valence-corrected chi connectivity index (χ4v) is 2.78. The fraction of sp³-hybridized carbons (Fsp3) is 0.600. The van der Waals surface area contributed by atoms with Crippen molar-refractivity contribution < 1.29 is 4.74 Å². The van der Waals surface area contributed by atoms with Crippen molar-refractivity contribution in [1.82, 2.24) is 0 Å². The van der Waals surface area contributed by atoms with Crippen molar-refractivity contribution in [2.45, 2.75) is 46.5 Å². The molecule has 2 heteroatoms. The lowest BCUT2D eigenvalue weighted by molar-refractivity contribution is 0.409. The van der Waals surface area contributed by atoms with Gasteiger partial charge in [-0.1, -0.05) is 13.8 Å². The molecule has 0 atom stereocenters. The van der Waals surface area contributed by atoms with Crippen LogP contribution in [-0.2, 0) is 5.41 Å². The highest BCUT2D eigenvalue weighted by atomic mass is 16.5. The van der Waals surface area contributed by atoms with Crippen LogP contribution in [0.4, 0.5) is 0 Å². The minimum absolute atomic E-state index is 0.125. The van der Waals surface area contributed by atoms with Gasteiger partial charge in [0.2, 0.25) is 0 Å². The van der Waals surface area contributed by atoms with Crippen LogP contribution in [0.3, 0.4) is 0 Å². The molecule has 0 heterocycles. The molecule has 96 valence electrons. The van der Waals surface area contributed by atoms with E-state index in [0.29, 0.717) is 0 Å². The number of aryl methyl sites for hydroxylation is 1. The normalized spacial score (nSPS) is 11.7. The maximum atomic E-state index is 5.72. The molecule has 0 aliphatic carbocycles. The number of hydrogen-bond acceptors (Lipinski definition) is 2. The van der Waals surface area contributed by atoms with Crippen LogP contribution in [0.5, 0.6) is 5.75 Å². The van der Waals surface area contributed by atoms with E-state index >= 15 is 0 Å². The zero-order valence-corrected chi connectivity index (χ0v) is 12.0. The second-order valence-electron chi connectivity index (χ2n) is 5.44. The quantitative estimate of drug-likeness (QED) is 0.869. The van der Waals surface area contributed by atoms with Gasteiger partial charge in [-0.15, -0.1) is 0 Å². The third-order valence-corrected chi connectivity index (χ3v) is 3.72. The van der Waals surface area contributed by atoms with Crippen LogP contribution in [0.1, 0.15) is 42.5 Å². The van der Waals surface area contributed by atoms with Crippen molar-refractivity contribution in [3.05, 3.63) is 28.3 Å². The van der Waals surface area contributed by atoms with Crippen LogP contribution in [0, 0.1) is 20.8 Å². The van der Waals surface area contributed by atoms with Crippen LogP contribution < -0.4 is 10.5 Å². The number of methoxy groups -OCH3 is 1. The third-order valence-electron chi connectivity index (χ3n) is 3.72. The summed E-state index contributed by atoms with van der Waals surface area (Å²) in [5.74, 6) is 0.979. The lowest BCUT2D eigenvalue weighted by Crippen LogP contribution is -2.24. The van der Waals surface area contributed by atoms with Crippen molar-refractivity contribution in [1.29, 1.82) is 0 Å². The van der Waals surface area contributed by atoms with Crippen LogP contribution >= 0.6 is 0 Å². The Morgan fingerprint density at radius 1 is 1.18 bits per heavy atom. The molecule has 1 aromatic carbocycles. The second kappa shape index (κ2) is 5.09. The summed E-state index contributed by atoms with van der Waals surface area (Å²) in [6.07, 6.45) is 1.00. The molecule has 0 bridgehead atoms. The van der Waals surface area contributed by atoms with Crippen molar-refractivity contribution in [3.8, 4) is 5.75 Å². The highest BCUT2D eigenvalue weighted by Crippen LogP contribution is 2.36. The van der Waals surface area contributed by atoms with E-state index < -0.39 is 0 Å². The summed E-state index contributed by atoms with van der Waals surface area (Å²) >= 11 is 0. The number of hydrogen-bond donors (Lipinski definition) is 1. The van der Waals surface area contributed by atoms with Crippen LogP contribution in [0.15, 0.2) is 6.07 Å². The van der Waals surface area contributed by atoms with Gasteiger partial charge in [0.05, 0.1) is 7.11 Å². The molecule has 1 rings (SSSR count). The standard InChI is InChI=1S/C15H25NO/c1-10-9-13(17-6)11(2)12(3)14(10)15(4,5)7-8-16/h9H,7-8,16H2,1-6H3. The molecule has 0 spiro atoms. The lowest BCUT2D eigenvalue weighted by Gasteiger charge is -2.30. The fourth-order valence-electron chi connectivity index (χ4n) is 2.78. The maximum absolute atomic E-state index is 5.72.